The molecule has 3 unspecified atom stereocenters. The first-order valence-corrected chi connectivity index (χ1v) is 7.50. The summed E-state index contributed by atoms with van der Waals surface area (Å²) in [5.41, 5.74) is 0.822. The second-order valence-corrected chi connectivity index (χ2v) is 5.86. The van der Waals surface area contributed by atoms with Gasteiger partial charge >= 0.3 is 0 Å². The van der Waals surface area contributed by atoms with Crippen molar-refractivity contribution in [1.82, 2.24) is 0 Å². The summed E-state index contributed by atoms with van der Waals surface area (Å²) in [6, 6.07) is 2.66. The molecule has 0 fully saturated rings. The van der Waals surface area contributed by atoms with Crippen LogP contribution in [0.5, 0.6) is 0 Å². The average molecular weight is 301 g/mol. The first kappa shape index (κ1) is 14.6. The number of nitro benzene ring substituents is 1. The Morgan fingerprint density at radius 2 is 2.23 bits per heavy atom. The third-order valence-corrected chi connectivity index (χ3v) is 4.63. The van der Waals surface area contributed by atoms with Gasteiger partial charge in [-0.3, -0.25) is 10.1 Å². The van der Waals surface area contributed by atoms with Crippen molar-refractivity contribution in [2.45, 2.75) is 38.1 Å². The molecule has 1 aliphatic heterocycles. The quantitative estimate of drug-likeness (QED) is 0.522. The zero-order chi connectivity index (χ0) is 15.9. The fraction of sp³-hybridized carbons (Fsp3) is 0.438. The van der Waals surface area contributed by atoms with Crippen LogP contribution in [0, 0.1) is 16.0 Å². The van der Waals surface area contributed by atoms with E-state index in [2.05, 4.69) is 12.2 Å². The lowest BCUT2D eigenvalue weighted by Crippen LogP contribution is -2.38. The number of nitro groups is 1. The predicted octanol–water partition coefficient (Wildman–Crippen LogP) is 2.21. The van der Waals surface area contributed by atoms with E-state index in [0.29, 0.717) is 11.3 Å². The smallest absolute Gasteiger partial charge is 0.275 e. The van der Waals surface area contributed by atoms with Gasteiger partial charge in [-0.2, -0.15) is 0 Å². The Labute approximate surface area is 128 Å². The van der Waals surface area contributed by atoms with E-state index in [0.717, 1.165) is 19.3 Å². The molecule has 6 heteroatoms. The molecule has 2 aliphatic rings. The number of carbonyl (C=O) groups excluding carboxylic acids is 1. The normalized spacial score (nSPS) is 25.2. The Bertz CT molecular complexity index is 668. The summed E-state index contributed by atoms with van der Waals surface area (Å²) in [5, 5.41) is 26.0. The van der Waals surface area contributed by atoms with E-state index in [9.17, 15) is 20.0 Å². The molecule has 22 heavy (non-hydrogen) atoms. The number of fused-ring (bicyclic) bond motifs is 3. The molecule has 1 heterocycles. The predicted molar refractivity (Wildman–Crippen MR) is 79.7 cm³/mol. The van der Waals surface area contributed by atoms with Crippen LogP contribution in [0.3, 0.4) is 0 Å². The van der Waals surface area contributed by atoms with Crippen LogP contribution < -0.4 is 10.4 Å². The molecule has 0 radical (unpaired) electrons. The van der Waals surface area contributed by atoms with E-state index in [-0.39, 0.29) is 29.1 Å². The maximum atomic E-state index is 11.4. The zero-order valence-corrected chi connectivity index (χ0v) is 12.2. The number of hydrogen-bond acceptors (Lipinski definition) is 5. The third kappa shape index (κ3) is 2.15. The lowest BCUT2D eigenvalue weighted by atomic mass is 9.76. The summed E-state index contributed by atoms with van der Waals surface area (Å²) in [4.78, 5) is 22.3. The molecule has 0 aromatic heterocycles. The van der Waals surface area contributed by atoms with E-state index in [4.69, 9.17) is 0 Å². The van der Waals surface area contributed by atoms with Crippen molar-refractivity contribution in [1.29, 1.82) is 0 Å². The second kappa shape index (κ2) is 5.44. The number of rotatable bonds is 4. The van der Waals surface area contributed by atoms with Crippen LogP contribution in [-0.2, 0) is 0 Å². The Kier molecular flexibility index (Phi) is 3.60. The molecule has 6 nitrogen and oxygen atoms in total. The maximum absolute atomic E-state index is 11.4. The number of aromatic carboxylic acids is 1. The number of carboxylic acids is 1. The van der Waals surface area contributed by atoms with Gasteiger partial charge in [0, 0.05) is 23.6 Å². The third-order valence-electron chi connectivity index (χ3n) is 4.63. The van der Waals surface area contributed by atoms with E-state index in [1.807, 2.05) is 12.2 Å². The summed E-state index contributed by atoms with van der Waals surface area (Å²) in [7, 11) is 0. The number of carboxylic acid groups (broad SMARTS) is 1. The van der Waals surface area contributed by atoms with E-state index >= 15 is 0 Å². The molecule has 3 rings (SSSR count). The highest BCUT2D eigenvalue weighted by molar-refractivity contribution is 5.95. The molecule has 0 saturated carbocycles. The van der Waals surface area contributed by atoms with Crippen LogP contribution in [0.1, 0.15) is 48.0 Å². The summed E-state index contributed by atoms with van der Waals surface area (Å²) < 4.78 is 0. The van der Waals surface area contributed by atoms with Gasteiger partial charge in [-0.05, 0) is 24.8 Å². The molecular weight excluding hydrogens is 284 g/mol. The molecular formula is C16H17N2O4-. The Balaban J connectivity index is 2.20. The number of hydrogen-bond donors (Lipinski definition) is 1. The van der Waals surface area contributed by atoms with Gasteiger partial charge < -0.3 is 15.2 Å². The molecule has 0 saturated heterocycles. The molecule has 1 aromatic rings. The second-order valence-electron chi connectivity index (χ2n) is 5.86. The molecule has 1 N–H and O–H groups in total. The van der Waals surface area contributed by atoms with Gasteiger partial charge in [0.1, 0.15) is 0 Å². The van der Waals surface area contributed by atoms with Crippen LogP contribution in [0.15, 0.2) is 24.3 Å². The number of carbonyl (C=O) groups is 1. The zero-order valence-electron chi connectivity index (χ0n) is 12.2. The molecule has 3 atom stereocenters. The van der Waals surface area contributed by atoms with Crippen molar-refractivity contribution in [2.75, 3.05) is 5.32 Å². The van der Waals surface area contributed by atoms with Gasteiger partial charge in [0.05, 0.1) is 22.1 Å². The minimum absolute atomic E-state index is 0.000420. The lowest BCUT2D eigenvalue weighted by Gasteiger charge is -2.38. The molecule has 116 valence electrons. The van der Waals surface area contributed by atoms with Crippen LogP contribution in [0.4, 0.5) is 11.4 Å². The van der Waals surface area contributed by atoms with Crippen molar-refractivity contribution in [3.8, 4) is 0 Å². The summed E-state index contributed by atoms with van der Waals surface area (Å²) >= 11 is 0. The number of allylic oxidation sites excluding steroid dienone is 2. The monoisotopic (exact) mass is 301 g/mol. The van der Waals surface area contributed by atoms with Crippen molar-refractivity contribution in [3.05, 3.63) is 45.5 Å². The molecule has 0 spiro atoms. The number of nitrogens with one attached hydrogen (secondary N) is 1. The van der Waals surface area contributed by atoms with Crippen molar-refractivity contribution in [3.63, 3.8) is 0 Å². The van der Waals surface area contributed by atoms with Crippen molar-refractivity contribution >= 4 is 17.3 Å². The van der Waals surface area contributed by atoms with Gasteiger partial charge in [0.15, 0.2) is 0 Å². The Morgan fingerprint density at radius 3 is 2.86 bits per heavy atom. The van der Waals surface area contributed by atoms with Crippen molar-refractivity contribution in [2.24, 2.45) is 5.92 Å². The number of nitrogens with zero attached hydrogens (tertiary/aromatic N) is 1. The highest BCUT2D eigenvalue weighted by atomic mass is 16.6. The summed E-state index contributed by atoms with van der Waals surface area (Å²) in [6.45, 7) is 2.07. The summed E-state index contributed by atoms with van der Waals surface area (Å²) in [6.07, 6.45) is 6.72. The Morgan fingerprint density at radius 1 is 1.45 bits per heavy atom. The molecule has 1 aliphatic carbocycles. The summed E-state index contributed by atoms with van der Waals surface area (Å²) in [5.74, 6) is -1.18. The standard InChI is InChI=1S/C16H18N2O4/c1-2-4-12-9-5-3-6-10(9)14-13(18(21)22)8-7-11(16(19)20)15(14)17-12/h3,6-10,12,17H,2,4-5H2,1H3,(H,19,20)/p-1. The average Bonchev–Trinajstić information content (AvgIpc) is 2.95. The van der Waals surface area contributed by atoms with E-state index in [1.54, 1.807) is 0 Å². The van der Waals surface area contributed by atoms with Gasteiger partial charge in [-0.1, -0.05) is 25.5 Å². The minimum Gasteiger partial charge on any atom is -0.545 e. The molecule has 0 bridgehead atoms. The largest absolute Gasteiger partial charge is 0.545 e. The van der Waals surface area contributed by atoms with Crippen LogP contribution in [0.2, 0.25) is 0 Å². The number of benzene rings is 1. The van der Waals surface area contributed by atoms with E-state index < -0.39 is 10.9 Å². The van der Waals surface area contributed by atoms with Crippen LogP contribution >= 0.6 is 0 Å². The van der Waals surface area contributed by atoms with Gasteiger partial charge in [0.2, 0.25) is 0 Å². The fourth-order valence-corrected chi connectivity index (χ4v) is 3.72. The highest BCUT2D eigenvalue weighted by Crippen LogP contribution is 2.49. The molecule has 1 aromatic carbocycles. The fourth-order valence-electron chi connectivity index (χ4n) is 3.72. The number of anilines is 1. The minimum atomic E-state index is -1.31. The molecule has 0 amide bonds. The van der Waals surface area contributed by atoms with Crippen LogP contribution in [-0.4, -0.2) is 16.9 Å². The van der Waals surface area contributed by atoms with Gasteiger partial charge in [-0.25, -0.2) is 0 Å². The van der Waals surface area contributed by atoms with E-state index in [1.165, 1.54) is 12.1 Å². The van der Waals surface area contributed by atoms with Crippen LogP contribution in [0.25, 0.3) is 0 Å². The first-order chi connectivity index (χ1) is 10.5. The van der Waals surface area contributed by atoms with Gasteiger partial charge in [0.25, 0.3) is 5.69 Å². The lowest BCUT2D eigenvalue weighted by molar-refractivity contribution is -0.385. The van der Waals surface area contributed by atoms with Gasteiger partial charge in [-0.15, -0.1) is 0 Å². The first-order valence-electron chi connectivity index (χ1n) is 7.50. The maximum Gasteiger partial charge on any atom is 0.275 e. The highest BCUT2D eigenvalue weighted by Gasteiger charge is 2.41. The topological polar surface area (TPSA) is 95.3 Å². The Hall–Kier alpha value is -2.37. The SMILES string of the molecule is CCCC1Nc2c(C(=O)[O-])ccc([N+](=O)[O-])c2C2C=CCC12. The van der Waals surface area contributed by atoms with Crippen molar-refractivity contribution < 1.29 is 14.8 Å².